The second kappa shape index (κ2) is 7.64. The maximum atomic E-state index is 6.05. The Morgan fingerprint density at radius 3 is 2.83 bits per heavy atom. The Bertz CT molecular complexity index is 784. The number of nitrogens with one attached hydrogen (secondary N) is 1. The summed E-state index contributed by atoms with van der Waals surface area (Å²) in [6.45, 7) is 2.84. The molecular weight excluding hydrogens is 324 g/mol. The Hall–Kier alpha value is -2.11. The zero-order valence-corrected chi connectivity index (χ0v) is 14.2. The van der Waals surface area contributed by atoms with Gasteiger partial charge in [0.1, 0.15) is 0 Å². The van der Waals surface area contributed by atoms with E-state index in [0.717, 1.165) is 29.8 Å². The van der Waals surface area contributed by atoms with E-state index in [2.05, 4.69) is 15.4 Å². The van der Waals surface area contributed by atoms with Crippen LogP contribution in [0.1, 0.15) is 12.8 Å². The highest BCUT2D eigenvalue weighted by Gasteiger charge is 2.17. The monoisotopic (exact) mass is 344 g/mol. The fourth-order valence-electron chi connectivity index (χ4n) is 3.04. The number of ether oxygens (including phenoxy) is 1. The van der Waals surface area contributed by atoms with Crippen LogP contribution in [0.3, 0.4) is 0 Å². The molecule has 0 amide bonds. The second-order valence-corrected chi connectivity index (χ2v) is 5.95. The molecule has 1 atom stereocenters. The van der Waals surface area contributed by atoms with Gasteiger partial charge in [0.15, 0.2) is 5.65 Å². The molecule has 0 aliphatic carbocycles. The summed E-state index contributed by atoms with van der Waals surface area (Å²) in [7, 11) is 0. The highest BCUT2D eigenvalue weighted by Crippen LogP contribution is 2.26. The standard InChI is InChI=1S/C18H20N4O.ClH/c1-2-7-15(8-3-1)22-17-16(9-5-11-20-17)18(21-22)23-13-14-6-4-10-19-12-14;/h1-3,5,7-9,11,14,19H,4,6,10,12-13H2;1H. The van der Waals surface area contributed by atoms with Crippen molar-refractivity contribution in [2.24, 2.45) is 5.92 Å². The molecule has 1 N–H and O–H groups in total. The largest absolute Gasteiger partial charge is 0.476 e. The van der Waals surface area contributed by atoms with Crippen LogP contribution in [0.5, 0.6) is 5.88 Å². The van der Waals surface area contributed by atoms with E-state index in [0.29, 0.717) is 18.4 Å². The predicted octanol–water partition coefficient (Wildman–Crippen LogP) is 3.22. The number of aromatic nitrogens is 3. The molecule has 1 saturated heterocycles. The van der Waals surface area contributed by atoms with Gasteiger partial charge in [0, 0.05) is 18.7 Å². The molecule has 24 heavy (non-hydrogen) atoms. The minimum absolute atomic E-state index is 0. The van der Waals surface area contributed by atoms with Gasteiger partial charge in [-0.3, -0.25) is 0 Å². The van der Waals surface area contributed by atoms with Gasteiger partial charge in [-0.2, -0.15) is 0 Å². The van der Waals surface area contributed by atoms with Crippen LogP contribution in [-0.2, 0) is 0 Å². The maximum Gasteiger partial charge on any atom is 0.242 e. The number of rotatable bonds is 4. The number of nitrogens with zero attached hydrogens (tertiary/aromatic N) is 3. The molecule has 1 fully saturated rings. The molecule has 0 saturated carbocycles. The molecule has 1 aliphatic rings. The van der Waals surface area contributed by atoms with Gasteiger partial charge in [-0.25, -0.2) is 9.67 Å². The fraction of sp³-hybridized carbons (Fsp3) is 0.333. The lowest BCUT2D eigenvalue weighted by molar-refractivity contribution is 0.213. The first-order chi connectivity index (χ1) is 11.4. The molecule has 0 spiro atoms. The molecule has 6 heteroatoms. The summed E-state index contributed by atoms with van der Waals surface area (Å²) < 4.78 is 7.90. The number of para-hydroxylation sites is 1. The molecule has 1 unspecified atom stereocenters. The van der Waals surface area contributed by atoms with Crippen molar-refractivity contribution in [1.82, 2.24) is 20.1 Å². The van der Waals surface area contributed by atoms with Gasteiger partial charge in [0.2, 0.25) is 5.88 Å². The van der Waals surface area contributed by atoms with E-state index in [1.165, 1.54) is 12.8 Å². The van der Waals surface area contributed by atoms with E-state index in [4.69, 9.17) is 4.74 Å². The highest BCUT2D eigenvalue weighted by atomic mass is 35.5. The summed E-state index contributed by atoms with van der Waals surface area (Å²) >= 11 is 0. The highest BCUT2D eigenvalue weighted by molar-refractivity contribution is 5.85. The van der Waals surface area contributed by atoms with E-state index < -0.39 is 0 Å². The number of fused-ring (bicyclic) bond motifs is 1. The summed E-state index contributed by atoms with van der Waals surface area (Å²) in [5, 5.41) is 9.04. The van der Waals surface area contributed by atoms with Crippen LogP contribution in [0, 0.1) is 5.92 Å². The van der Waals surface area contributed by atoms with Crippen molar-refractivity contribution < 1.29 is 4.74 Å². The van der Waals surface area contributed by atoms with Crippen LogP contribution in [0.25, 0.3) is 16.7 Å². The minimum atomic E-state index is 0. The zero-order chi connectivity index (χ0) is 15.5. The quantitative estimate of drug-likeness (QED) is 0.789. The number of pyridine rings is 1. The normalized spacial score (nSPS) is 17.4. The lowest BCUT2D eigenvalue weighted by atomic mass is 10.0. The molecular formula is C18H21ClN4O. The van der Waals surface area contributed by atoms with Gasteiger partial charge in [-0.05, 0) is 43.7 Å². The van der Waals surface area contributed by atoms with Crippen molar-refractivity contribution in [3.8, 4) is 11.6 Å². The van der Waals surface area contributed by atoms with Gasteiger partial charge in [-0.1, -0.05) is 18.2 Å². The SMILES string of the molecule is Cl.c1ccc(-n2nc(OCC3CCCNC3)c3cccnc32)cc1. The first-order valence-corrected chi connectivity index (χ1v) is 8.14. The summed E-state index contributed by atoms with van der Waals surface area (Å²) in [4.78, 5) is 4.48. The van der Waals surface area contributed by atoms with E-state index in [-0.39, 0.29) is 12.4 Å². The zero-order valence-electron chi connectivity index (χ0n) is 13.4. The Balaban J connectivity index is 0.00000169. The molecule has 3 aromatic rings. The molecule has 0 bridgehead atoms. The van der Waals surface area contributed by atoms with Crippen molar-refractivity contribution in [3.63, 3.8) is 0 Å². The Morgan fingerprint density at radius 1 is 1.17 bits per heavy atom. The summed E-state index contributed by atoms with van der Waals surface area (Å²) in [5.41, 5.74) is 1.82. The first kappa shape index (κ1) is 16.7. The second-order valence-electron chi connectivity index (χ2n) is 5.95. The Labute approximate surface area is 147 Å². The fourth-order valence-corrected chi connectivity index (χ4v) is 3.04. The van der Waals surface area contributed by atoms with E-state index >= 15 is 0 Å². The van der Waals surface area contributed by atoms with Crippen molar-refractivity contribution >= 4 is 23.4 Å². The van der Waals surface area contributed by atoms with Gasteiger partial charge in [-0.15, -0.1) is 17.5 Å². The third-order valence-corrected chi connectivity index (χ3v) is 4.26. The van der Waals surface area contributed by atoms with E-state index in [1.807, 2.05) is 47.1 Å². The minimum Gasteiger partial charge on any atom is -0.476 e. The van der Waals surface area contributed by atoms with Crippen LogP contribution < -0.4 is 10.1 Å². The summed E-state index contributed by atoms with van der Waals surface area (Å²) in [6, 6.07) is 14.0. The number of benzene rings is 1. The lowest BCUT2D eigenvalue weighted by Gasteiger charge is -2.22. The van der Waals surface area contributed by atoms with Gasteiger partial charge < -0.3 is 10.1 Å². The van der Waals surface area contributed by atoms with Crippen molar-refractivity contribution in [2.75, 3.05) is 19.7 Å². The van der Waals surface area contributed by atoms with Crippen LogP contribution >= 0.6 is 12.4 Å². The van der Waals surface area contributed by atoms with Gasteiger partial charge in [0.05, 0.1) is 17.7 Å². The van der Waals surface area contributed by atoms with Crippen molar-refractivity contribution in [2.45, 2.75) is 12.8 Å². The molecule has 2 aromatic heterocycles. The molecule has 3 heterocycles. The van der Waals surface area contributed by atoms with Crippen LogP contribution in [0.4, 0.5) is 0 Å². The number of piperidine rings is 1. The molecule has 1 aliphatic heterocycles. The van der Waals surface area contributed by atoms with Gasteiger partial charge >= 0.3 is 0 Å². The molecule has 1 aromatic carbocycles. The van der Waals surface area contributed by atoms with Crippen LogP contribution in [0.2, 0.25) is 0 Å². The maximum absolute atomic E-state index is 6.05. The summed E-state index contributed by atoms with van der Waals surface area (Å²) in [5.74, 6) is 1.22. The average molecular weight is 345 g/mol. The third-order valence-electron chi connectivity index (χ3n) is 4.26. The van der Waals surface area contributed by atoms with Crippen LogP contribution in [0.15, 0.2) is 48.7 Å². The van der Waals surface area contributed by atoms with Crippen molar-refractivity contribution in [3.05, 3.63) is 48.7 Å². The lowest BCUT2D eigenvalue weighted by Crippen LogP contribution is -2.33. The topological polar surface area (TPSA) is 52.0 Å². The summed E-state index contributed by atoms with van der Waals surface area (Å²) in [6.07, 6.45) is 4.22. The Morgan fingerprint density at radius 2 is 2.04 bits per heavy atom. The number of hydrogen-bond donors (Lipinski definition) is 1. The smallest absolute Gasteiger partial charge is 0.242 e. The Kier molecular flexibility index (Phi) is 5.33. The predicted molar refractivity (Wildman–Crippen MR) is 97.2 cm³/mol. The van der Waals surface area contributed by atoms with Crippen LogP contribution in [-0.4, -0.2) is 34.5 Å². The molecule has 0 radical (unpaired) electrons. The van der Waals surface area contributed by atoms with Crippen molar-refractivity contribution in [1.29, 1.82) is 0 Å². The first-order valence-electron chi connectivity index (χ1n) is 8.14. The molecule has 4 rings (SSSR count). The average Bonchev–Trinajstić information content (AvgIpc) is 3.01. The van der Waals surface area contributed by atoms with E-state index in [1.54, 1.807) is 6.20 Å². The molecule has 126 valence electrons. The molecule has 5 nitrogen and oxygen atoms in total. The van der Waals surface area contributed by atoms with Gasteiger partial charge in [0.25, 0.3) is 0 Å². The third kappa shape index (κ3) is 3.37. The van der Waals surface area contributed by atoms with E-state index in [9.17, 15) is 0 Å². The number of hydrogen-bond acceptors (Lipinski definition) is 4. The number of halogens is 1.